The third kappa shape index (κ3) is 4.21. The molecule has 5 rings (SSSR count). The Bertz CT molecular complexity index is 1070. The van der Waals surface area contributed by atoms with Gasteiger partial charge in [0.2, 0.25) is 5.91 Å². The first kappa shape index (κ1) is 19.5. The molecule has 1 saturated heterocycles. The highest BCUT2D eigenvalue weighted by molar-refractivity contribution is 5.95. The second-order valence-electron chi connectivity index (χ2n) is 8.13. The molecule has 9 nitrogen and oxygen atoms in total. The van der Waals surface area contributed by atoms with E-state index in [4.69, 9.17) is 4.52 Å². The van der Waals surface area contributed by atoms with E-state index in [0.29, 0.717) is 24.9 Å². The van der Waals surface area contributed by atoms with Crippen molar-refractivity contribution in [2.24, 2.45) is 0 Å². The molecule has 0 bridgehead atoms. The summed E-state index contributed by atoms with van der Waals surface area (Å²) in [6.07, 6.45) is 6.03. The van der Waals surface area contributed by atoms with E-state index in [-0.39, 0.29) is 24.1 Å². The Morgan fingerprint density at radius 3 is 2.81 bits per heavy atom. The smallest absolute Gasteiger partial charge is 0.273 e. The first-order valence-electron chi connectivity index (χ1n) is 10.7. The molecular formula is C22H24N6O3. The molecule has 0 spiro atoms. The quantitative estimate of drug-likeness (QED) is 0.656. The standard InChI is InChI=1S/C22H24N6O3/c29-20(12-23-22(30)18-11-19(31-26-18)15-5-2-1-3-6-15)27-10-4-7-16(13-27)21-25-24-14-28(21)17-8-9-17/h1-3,5-6,11,14,16-17H,4,7-10,12-13H2,(H,23,30). The molecule has 2 amide bonds. The molecular weight excluding hydrogens is 396 g/mol. The van der Waals surface area contributed by atoms with Gasteiger partial charge in [-0.05, 0) is 25.7 Å². The van der Waals surface area contributed by atoms with Crippen LogP contribution in [0, 0.1) is 0 Å². The summed E-state index contributed by atoms with van der Waals surface area (Å²) >= 11 is 0. The molecule has 2 aliphatic rings. The van der Waals surface area contributed by atoms with E-state index in [1.165, 1.54) is 12.8 Å². The van der Waals surface area contributed by atoms with Crippen molar-refractivity contribution in [3.8, 4) is 11.3 Å². The highest BCUT2D eigenvalue weighted by Crippen LogP contribution is 2.38. The van der Waals surface area contributed by atoms with Crippen molar-refractivity contribution in [3.05, 3.63) is 54.2 Å². The topological polar surface area (TPSA) is 106 Å². The molecule has 1 saturated carbocycles. The fourth-order valence-electron chi connectivity index (χ4n) is 4.07. The van der Waals surface area contributed by atoms with E-state index in [9.17, 15) is 9.59 Å². The maximum atomic E-state index is 12.7. The number of likely N-dealkylation sites (tertiary alicyclic amines) is 1. The summed E-state index contributed by atoms with van der Waals surface area (Å²) in [5, 5.41) is 14.9. The number of rotatable bonds is 6. The van der Waals surface area contributed by atoms with Gasteiger partial charge in [-0.1, -0.05) is 35.5 Å². The van der Waals surface area contributed by atoms with Crippen LogP contribution in [0.5, 0.6) is 0 Å². The van der Waals surface area contributed by atoms with E-state index >= 15 is 0 Å². The van der Waals surface area contributed by atoms with Crippen molar-refractivity contribution < 1.29 is 14.1 Å². The minimum Gasteiger partial charge on any atom is -0.355 e. The fourth-order valence-corrected chi connectivity index (χ4v) is 4.07. The molecule has 9 heteroatoms. The van der Waals surface area contributed by atoms with Crippen molar-refractivity contribution in [2.45, 2.75) is 37.6 Å². The lowest BCUT2D eigenvalue weighted by molar-refractivity contribution is -0.131. The molecule has 0 radical (unpaired) electrons. The van der Waals surface area contributed by atoms with E-state index in [0.717, 1.165) is 24.2 Å². The van der Waals surface area contributed by atoms with Crippen molar-refractivity contribution >= 4 is 11.8 Å². The van der Waals surface area contributed by atoms with E-state index in [1.807, 2.05) is 30.3 Å². The highest BCUT2D eigenvalue weighted by atomic mass is 16.5. The molecule has 1 aromatic carbocycles. The van der Waals surface area contributed by atoms with Gasteiger partial charge in [0.25, 0.3) is 5.91 Å². The molecule has 3 aromatic rings. The Labute approximate surface area is 179 Å². The lowest BCUT2D eigenvalue weighted by Gasteiger charge is -2.32. The third-order valence-corrected chi connectivity index (χ3v) is 5.88. The van der Waals surface area contributed by atoms with Crippen LogP contribution in [0.2, 0.25) is 0 Å². The SMILES string of the molecule is O=C(NCC(=O)N1CCCC(c2nncn2C2CC2)C1)c1cc(-c2ccccc2)on1. The summed E-state index contributed by atoms with van der Waals surface area (Å²) in [5.41, 5.74) is 0.990. The van der Waals surface area contributed by atoms with Gasteiger partial charge >= 0.3 is 0 Å². The number of nitrogens with zero attached hydrogens (tertiary/aromatic N) is 5. The first-order chi connectivity index (χ1) is 15.2. The zero-order valence-electron chi connectivity index (χ0n) is 17.1. The van der Waals surface area contributed by atoms with Crippen molar-refractivity contribution in [2.75, 3.05) is 19.6 Å². The Kier molecular flexibility index (Phi) is 5.23. The zero-order chi connectivity index (χ0) is 21.2. The van der Waals surface area contributed by atoms with Crippen LogP contribution in [-0.4, -0.2) is 56.3 Å². The Morgan fingerprint density at radius 2 is 2.00 bits per heavy atom. The maximum Gasteiger partial charge on any atom is 0.273 e. The normalized spacial score (nSPS) is 18.7. The van der Waals surface area contributed by atoms with Crippen molar-refractivity contribution in [3.63, 3.8) is 0 Å². The van der Waals surface area contributed by atoms with E-state index in [2.05, 4.69) is 25.2 Å². The molecule has 1 aliphatic carbocycles. The van der Waals surface area contributed by atoms with Crippen LogP contribution in [0.3, 0.4) is 0 Å². The number of aromatic nitrogens is 4. The van der Waals surface area contributed by atoms with Crippen LogP contribution < -0.4 is 5.32 Å². The lowest BCUT2D eigenvalue weighted by Crippen LogP contribution is -2.45. The molecule has 160 valence electrons. The number of hydrogen-bond acceptors (Lipinski definition) is 6. The summed E-state index contributed by atoms with van der Waals surface area (Å²) in [7, 11) is 0. The lowest BCUT2D eigenvalue weighted by atomic mass is 9.97. The third-order valence-electron chi connectivity index (χ3n) is 5.88. The average Bonchev–Trinajstić information content (AvgIpc) is 3.33. The van der Waals surface area contributed by atoms with Gasteiger partial charge in [0.05, 0.1) is 6.54 Å². The predicted molar refractivity (Wildman–Crippen MR) is 111 cm³/mol. The summed E-state index contributed by atoms with van der Waals surface area (Å²) in [5.74, 6) is 1.12. The maximum absolute atomic E-state index is 12.7. The number of benzene rings is 1. The van der Waals surface area contributed by atoms with E-state index < -0.39 is 5.91 Å². The molecule has 1 unspecified atom stereocenters. The molecule has 2 fully saturated rings. The summed E-state index contributed by atoms with van der Waals surface area (Å²) in [6.45, 7) is 1.21. The predicted octanol–water partition coefficient (Wildman–Crippen LogP) is 2.40. The summed E-state index contributed by atoms with van der Waals surface area (Å²) in [4.78, 5) is 27.0. The number of hydrogen-bond donors (Lipinski definition) is 1. The number of amides is 2. The molecule has 3 heterocycles. The largest absolute Gasteiger partial charge is 0.355 e. The Hall–Kier alpha value is -3.49. The Morgan fingerprint density at radius 1 is 1.16 bits per heavy atom. The summed E-state index contributed by atoms with van der Waals surface area (Å²) in [6, 6.07) is 11.5. The van der Waals surface area contributed by atoms with Crippen LogP contribution in [0.1, 0.15) is 54.0 Å². The minimum atomic E-state index is -0.429. The second kappa shape index (κ2) is 8.33. The van der Waals surface area contributed by atoms with Gasteiger partial charge in [-0.15, -0.1) is 10.2 Å². The monoisotopic (exact) mass is 420 g/mol. The van der Waals surface area contributed by atoms with E-state index in [1.54, 1.807) is 17.3 Å². The molecule has 1 atom stereocenters. The minimum absolute atomic E-state index is 0.0750. The van der Waals surface area contributed by atoms with Gasteiger partial charge in [-0.2, -0.15) is 0 Å². The number of carbonyl (C=O) groups excluding carboxylic acids is 2. The molecule has 31 heavy (non-hydrogen) atoms. The summed E-state index contributed by atoms with van der Waals surface area (Å²) < 4.78 is 7.43. The zero-order valence-corrected chi connectivity index (χ0v) is 17.1. The fraction of sp³-hybridized carbons (Fsp3) is 0.409. The van der Waals surface area contributed by atoms with Crippen LogP contribution >= 0.6 is 0 Å². The number of carbonyl (C=O) groups is 2. The van der Waals surface area contributed by atoms with Crippen LogP contribution in [0.15, 0.2) is 47.2 Å². The van der Waals surface area contributed by atoms with Crippen LogP contribution in [0.25, 0.3) is 11.3 Å². The van der Waals surface area contributed by atoms with Crippen LogP contribution in [0.4, 0.5) is 0 Å². The van der Waals surface area contributed by atoms with Crippen LogP contribution in [-0.2, 0) is 4.79 Å². The van der Waals surface area contributed by atoms with Gasteiger partial charge in [-0.25, -0.2) is 0 Å². The van der Waals surface area contributed by atoms with Gasteiger partial charge in [0, 0.05) is 36.7 Å². The van der Waals surface area contributed by atoms with Gasteiger partial charge in [0.15, 0.2) is 11.5 Å². The second-order valence-corrected chi connectivity index (χ2v) is 8.13. The highest BCUT2D eigenvalue weighted by Gasteiger charge is 2.32. The van der Waals surface area contributed by atoms with Gasteiger partial charge in [-0.3, -0.25) is 9.59 Å². The molecule has 2 aromatic heterocycles. The Balaban J connectivity index is 1.17. The van der Waals surface area contributed by atoms with Crippen molar-refractivity contribution in [1.29, 1.82) is 0 Å². The number of nitrogens with one attached hydrogen (secondary N) is 1. The molecule has 1 aliphatic heterocycles. The van der Waals surface area contributed by atoms with Gasteiger partial charge in [0.1, 0.15) is 12.2 Å². The number of piperidine rings is 1. The van der Waals surface area contributed by atoms with Gasteiger partial charge < -0.3 is 19.3 Å². The molecule has 1 N–H and O–H groups in total. The van der Waals surface area contributed by atoms with Crippen molar-refractivity contribution in [1.82, 2.24) is 30.1 Å². The average molecular weight is 420 g/mol. The first-order valence-corrected chi connectivity index (χ1v) is 10.7.